The lowest BCUT2D eigenvalue weighted by Crippen LogP contribution is -2.53. The van der Waals surface area contributed by atoms with Gasteiger partial charge < -0.3 is 9.47 Å². The molecule has 1 aliphatic carbocycles. The number of fused-ring (bicyclic) bond motifs is 1. The van der Waals surface area contributed by atoms with Gasteiger partial charge in [0, 0.05) is 6.42 Å². The lowest BCUT2D eigenvalue weighted by molar-refractivity contribution is -0.162. The van der Waals surface area contributed by atoms with E-state index in [1.54, 1.807) is 0 Å². The Morgan fingerprint density at radius 3 is 2.73 bits per heavy atom. The summed E-state index contributed by atoms with van der Waals surface area (Å²) in [5.41, 5.74) is -0.141. The van der Waals surface area contributed by atoms with Crippen LogP contribution in [-0.2, 0) is 9.47 Å². The molecule has 0 N–H and O–H groups in total. The number of hydrogen-bond acceptors (Lipinski definition) is 2. The maximum Gasteiger partial charge on any atom is 0.113 e. The van der Waals surface area contributed by atoms with Crippen molar-refractivity contribution in [3.05, 3.63) is 0 Å². The minimum atomic E-state index is -0.681. The molecule has 62 valence electrons. The molecule has 0 radical (unpaired) electrons. The van der Waals surface area contributed by atoms with Gasteiger partial charge in [-0.2, -0.15) is 0 Å². The summed E-state index contributed by atoms with van der Waals surface area (Å²) >= 11 is 0. The first-order valence-electron chi connectivity index (χ1n) is 4.17. The largest absolute Gasteiger partial charge is 0.380 e. The topological polar surface area (TPSA) is 21.8 Å². The van der Waals surface area contributed by atoms with E-state index in [-0.39, 0.29) is 11.5 Å². The monoisotopic (exact) mass is 158 g/mol. The Hall–Kier alpha value is -0.150. The maximum atomic E-state index is 13.4. The molecule has 3 atom stereocenters. The van der Waals surface area contributed by atoms with E-state index in [1.807, 2.05) is 0 Å². The van der Waals surface area contributed by atoms with Crippen LogP contribution in [-0.4, -0.2) is 31.6 Å². The first kappa shape index (κ1) is 6.38. The minimum Gasteiger partial charge on any atom is -0.380 e. The van der Waals surface area contributed by atoms with Gasteiger partial charge in [-0.3, -0.25) is 0 Å². The van der Waals surface area contributed by atoms with Crippen LogP contribution in [0.2, 0.25) is 0 Å². The molecule has 3 rings (SSSR count). The summed E-state index contributed by atoms with van der Waals surface area (Å²) in [6.07, 6.45) is 1.43. The zero-order valence-corrected chi connectivity index (χ0v) is 6.25. The number of alkyl halides is 1. The molecule has 11 heavy (non-hydrogen) atoms. The van der Waals surface area contributed by atoms with Crippen molar-refractivity contribution in [2.45, 2.75) is 31.2 Å². The minimum absolute atomic E-state index is 0.141. The van der Waals surface area contributed by atoms with Gasteiger partial charge in [0.2, 0.25) is 0 Å². The zero-order valence-electron chi connectivity index (χ0n) is 6.25. The second-order valence-electron chi connectivity index (χ2n) is 3.98. The molecule has 3 unspecified atom stereocenters. The third kappa shape index (κ3) is 0.729. The van der Waals surface area contributed by atoms with Crippen LogP contribution in [0.25, 0.3) is 0 Å². The number of ether oxygens (including phenoxy) is 2. The summed E-state index contributed by atoms with van der Waals surface area (Å²) in [7, 11) is 0. The zero-order chi connectivity index (χ0) is 7.47. The van der Waals surface area contributed by atoms with Crippen LogP contribution in [0.15, 0.2) is 0 Å². The highest BCUT2D eigenvalue weighted by Gasteiger charge is 2.59. The number of halogens is 1. The van der Waals surface area contributed by atoms with E-state index in [1.165, 1.54) is 0 Å². The summed E-state index contributed by atoms with van der Waals surface area (Å²) in [4.78, 5) is 0. The first-order valence-corrected chi connectivity index (χ1v) is 4.17. The molecule has 0 bridgehead atoms. The summed E-state index contributed by atoms with van der Waals surface area (Å²) < 4.78 is 23.7. The van der Waals surface area contributed by atoms with Crippen LogP contribution in [0.1, 0.15) is 12.8 Å². The molecule has 3 heteroatoms. The summed E-state index contributed by atoms with van der Waals surface area (Å²) in [6.45, 7) is 1.22. The van der Waals surface area contributed by atoms with Crippen LogP contribution < -0.4 is 0 Å². The van der Waals surface area contributed by atoms with E-state index in [0.717, 1.165) is 6.42 Å². The Morgan fingerprint density at radius 1 is 1.27 bits per heavy atom. The third-order valence-electron chi connectivity index (χ3n) is 3.18. The fraction of sp³-hybridized carbons (Fsp3) is 1.00. The molecule has 3 fully saturated rings. The van der Waals surface area contributed by atoms with Crippen molar-refractivity contribution in [1.82, 2.24) is 0 Å². The van der Waals surface area contributed by atoms with E-state index in [0.29, 0.717) is 25.7 Å². The number of epoxide rings is 1. The van der Waals surface area contributed by atoms with Crippen molar-refractivity contribution in [3.8, 4) is 0 Å². The molecule has 1 spiro atoms. The quantitative estimate of drug-likeness (QED) is 0.488. The molecule has 1 saturated carbocycles. The Kier molecular flexibility index (Phi) is 1.03. The van der Waals surface area contributed by atoms with Gasteiger partial charge in [-0.05, 0) is 6.42 Å². The summed E-state index contributed by atoms with van der Waals surface area (Å²) in [5, 5.41) is 0. The van der Waals surface area contributed by atoms with Gasteiger partial charge in [0.15, 0.2) is 0 Å². The predicted octanol–water partition coefficient (Wildman–Crippen LogP) is 0.902. The summed E-state index contributed by atoms with van der Waals surface area (Å²) in [5.74, 6) is 0. The van der Waals surface area contributed by atoms with Gasteiger partial charge in [-0.25, -0.2) is 4.39 Å². The van der Waals surface area contributed by atoms with Crippen molar-refractivity contribution >= 4 is 0 Å². The van der Waals surface area contributed by atoms with Crippen molar-refractivity contribution in [1.29, 1.82) is 0 Å². The van der Waals surface area contributed by atoms with E-state index in [4.69, 9.17) is 9.47 Å². The van der Waals surface area contributed by atoms with E-state index < -0.39 is 6.17 Å². The van der Waals surface area contributed by atoms with Gasteiger partial charge in [0.1, 0.15) is 6.17 Å². The molecule has 0 aromatic heterocycles. The molecular formula is C8H11FO2. The normalized spacial score (nSPS) is 51.5. The highest BCUT2D eigenvalue weighted by molar-refractivity contribution is 5.06. The SMILES string of the molecule is FC1CC2OC2CC12COC2. The molecule has 2 aliphatic heterocycles. The maximum absolute atomic E-state index is 13.4. The van der Waals surface area contributed by atoms with Crippen molar-refractivity contribution < 1.29 is 13.9 Å². The Morgan fingerprint density at radius 2 is 2.09 bits per heavy atom. The van der Waals surface area contributed by atoms with Crippen LogP contribution in [0.5, 0.6) is 0 Å². The highest BCUT2D eigenvalue weighted by atomic mass is 19.1. The van der Waals surface area contributed by atoms with Gasteiger partial charge in [0.25, 0.3) is 0 Å². The van der Waals surface area contributed by atoms with Gasteiger partial charge >= 0.3 is 0 Å². The molecule has 2 saturated heterocycles. The molecule has 0 amide bonds. The Balaban J connectivity index is 1.81. The molecule has 3 aliphatic rings. The highest BCUT2D eigenvalue weighted by Crippen LogP contribution is 2.51. The molecule has 2 heterocycles. The fourth-order valence-electron chi connectivity index (χ4n) is 2.21. The van der Waals surface area contributed by atoms with Gasteiger partial charge in [-0.1, -0.05) is 0 Å². The average Bonchev–Trinajstić information content (AvgIpc) is 2.59. The predicted molar refractivity (Wildman–Crippen MR) is 36.0 cm³/mol. The van der Waals surface area contributed by atoms with E-state index >= 15 is 0 Å². The summed E-state index contributed by atoms with van der Waals surface area (Å²) in [6, 6.07) is 0. The lowest BCUT2D eigenvalue weighted by Gasteiger charge is -2.45. The second kappa shape index (κ2) is 1.77. The first-order chi connectivity index (χ1) is 5.30. The van der Waals surface area contributed by atoms with Crippen molar-refractivity contribution in [2.24, 2.45) is 5.41 Å². The van der Waals surface area contributed by atoms with E-state index in [2.05, 4.69) is 0 Å². The standard InChI is InChI=1S/C8H11FO2/c9-7-1-5-6(11-5)2-8(7)3-10-4-8/h5-7H,1-4H2. The average molecular weight is 158 g/mol. The van der Waals surface area contributed by atoms with Crippen LogP contribution >= 0.6 is 0 Å². The molecule has 2 nitrogen and oxygen atoms in total. The van der Waals surface area contributed by atoms with Crippen molar-refractivity contribution in [2.75, 3.05) is 13.2 Å². The molecule has 0 aromatic rings. The Bertz CT molecular complexity index is 191. The van der Waals surface area contributed by atoms with Gasteiger partial charge in [-0.15, -0.1) is 0 Å². The van der Waals surface area contributed by atoms with Crippen molar-refractivity contribution in [3.63, 3.8) is 0 Å². The van der Waals surface area contributed by atoms with Gasteiger partial charge in [0.05, 0.1) is 30.8 Å². The van der Waals surface area contributed by atoms with Crippen LogP contribution in [0.3, 0.4) is 0 Å². The van der Waals surface area contributed by atoms with Crippen LogP contribution in [0, 0.1) is 5.41 Å². The van der Waals surface area contributed by atoms with Crippen LogP contribution in [0.4, 0.5) is 4.39 Å². The number of hydrogen-bond donors (Lipinski definition) is 0. The third-order valence-corrected chi connectivity index (χ3v) is 3.18. The smallest absolute Gasteiger partial charge is 0.113 e. The second-order valence-corrected chi connectivity index (χ2v) is 3.98. The Labute approximate surface area is 64.7 Å². The fourth-order valence-corrected chi connectivity index (χ4v) is 2.21. The molecular weight excluding hydrogens is 147 g/mol. The van der Waals surface area contributed by atoms with E-state index in [9.17, 15) is 4.39 Å². The lowest BCUT2D eigenvalue weighted by atomic mass is 9.71. The number of rotatable bonds is 0. The molecule has 0 aromatic carbocycles.